The van der Waals surface area contributed by atoms with Crippen LogP contribution in [0.2, 0.25) is 0 Å². The molecule has 0 unspecified atom stereocenters. The molecule has 39 heavy (non-hydrogen) atoms. The second-order valence-corrected chi connectivity index (χ2v) is 12.7. The van der Waals surface area contributed by atoms with Crippen molar-refractivity contribution in [3.8, 4) is 5.75 Å². The minimum absolute atomic E-state index is 0.0737. The number of amides is 1. The molecule has 9 nitrogen and oxygen atoms in total. The van der Waals surface area contributed by atoms with Crippen LogP contribution < -0.4 is 14.4 Å². The molecule has 12 heteroatoms. The van der Waals surface area contributed by atoms with Gasteiger partial charge in [-0.2, -0.15) is 4.31 Å². The van der Waals surface area contributed by atoms with Gasteiger partial charge in [0.2, 0.25) is 15.9 Å². The topological polar surface area (TPSA) is 113 Å². The zero-order valence-corrected chi connectivity index (χ0v) is 23.0. The van der Waals surface area contributed by atoms with E-state index in [-0.39, 0.29) is 15.5 Å². The van der Waals surface area contributed by atoms with Crippen LogP contribution in [-0.2, 0) is 24.8 Å². The number of carbonyl (C=O) groups excluding carboxylic acids is 1. The Kier molecular flexibility index (Phi) is 8.88. The van der Waals surface area contributed by atoms with Crippen molar-refractivity contribution in [3.05, 3.63) is 78.6 Å². The number of ether oxygens (including phenoxy) is 1. The molecule has 1 heterocycles. The van der Waals surface area contributed by atoms with Crippen LogP contribution in [0.25, 0.3) is 0 Å². The Hall–Kier alpha value is -3.48. The van der Waals surface area contributed by atoms with E-state index < -0.39 is 38.3 Å². The van der Waals surface area contributed by atoms with Crippen molar-refractivity contribution in [2.24, 2.45) is 0 Å². The molecule has 208 valence electrons. The highest BCUT2D eigenvalue weighted by atomic mass is 32.2. The standard InChI is InChI=1S/C27H30FN3O6S2/c1-2-37-24-12-16-26(17-13-24)39(35,36)31(23-10-6-21(28)7-11-23)20-27(32)29-22-8-14-25(15-9-22)38(33,34)30-18-4-3-5-19-30/h6-17H,2-5,18-20H2,1H3,(H,29,32). The number of hydrogen-bond acceptors (Lipinski definition) is 6. The van der Waals surface area contributed by atoms with Gasteiger partial charge in [0.1, 0.15) is 18.1 Å². The molecule has 1 fully saturated rings. The molecule has 1 amide bonds. The number of rotatable bonds is 10. The highest BCUT2D eigenvalue weighted by molar-refractivity contribution is 7.92. The number of nitrogens with zero attached hydrogens (tertiary/aromatic N) is 2. The summed E-state index contributed by atoms with van der Waals surface area (Å²) >= 11 is 0. The van der Waals surface area contributed by atoms with Gasteiger partial charge in [0, 0.05) is 18.8 Å². The number of piperidine rings is 1. The summed E-state index contributed by atoms with van der Waals surface area (Å²) in [4.78, 5) is 13.0. The van der Waals surface area contributed by atoms with Crippen molar-refractivity contribution in [2.45, 2.75) is 36.0 Å². The Labute approximate surface area is 228 Å². The minimum atomic E-state index is -4.21. The lowest BCUT2D eigenvalue weighted by Crippen LogP contribution is -2.38. The summed E-state index contributed by atoms with van der Waals surface area (Å²) in [5, 5.41) is 2.61. The van der Waals surface area contributed by atoms with Crippen LogP contribution >= 0.6 is 0 Å². The molecular formula is C27H30FN3O6S2. The second kappa shape index (κ2) is 12.1. The quantitative estimate of drug-likeness (QED) is 0.387. The SMILES string of the molecule is CCOc1ccc(S(=O)(=O)N(CC(=O)Nc2ccc(S(=O)(=O)N3CCCCC3)cc2)c2ccc(F)cc2)cc1. The van der Waals surface area contributed by atoms with Gasteiger partial charge in [-0.25, -0.2) is 21.2 Å². The van der Waals surface area contributed by atoms with Crippen LogP contribution in [0.3, 0.4) is 0 Å². The first-order chi connectivity index (χ1) is 18.6. The Morgan fingerprint density at radius 1 is 0.872 bits per heavy atom. The normalized spacial score (nSPS) is 14.5. The van der Waals surface area contributed by atoms with Crippen molar-refractivity contribution >= 4 is 37.3 Å². The lowest BCUT2D eigenvalue weighted by atomic mass is 10.2. The zero-order valence-electron chi connectivity index (χ0n) is 21.4. The molecular weight excluding hydrogens is 545 g/mol. The molecule has 1 aliphatic rings. The number of nitrogens with one attached hydrogen (secondary N) is 1. The molecule has 0 aliphatic carbocycles. The van der Waals surface area contributed by atoms with Gasteiger partial charge in [-0.1, -0.05) is 6.42 Å². The molecule has 1 N–H and O–H groups in total. The van der Waals surface area contributed by atoms with Crippen LogP contribution in [0.5, 0.6) is 5.75 Å². The lowest BCUT2D eigenvalue weighted by molar-refractivity contribution is -0.114. The fourth-order valence-corrected chi connectivity index (χ4v) is 7.16. The number of benzene rings is 3. The first-order valence-corrected chi connectivity index (χ1v) is 15.4. The Bertz CT molecular complexity index is 1490. The van der Waals surface area contributed by atoms with E-state index in [1.807, 2.05) is 0 Å². The first-order valence-electron chi connectivity index (χ1n) is 12.5. The summed E-state index contributed by atoms with van der Waals surface area (Å²) in [5.41, 5.74) is 0.401. The van der Waals surface area contributed by atoms with Gasteiger partial charge in [0.25, 0.3) is 10.0 Å². The first kappa shape index (κ1) is 28.5. The Morgan fingerprint density at radius 3 is 2.05 bits per heavy atom. The molecule has 1 saturated heterocycles. The highest BCUT2D eigenvalue weighted by Crippen LogP contribution is 2.26. The number of carbonyl (C=O) groups is 1. The third-order valence-corrected chi connectivity index (χ3v) is 9.92. The second-order valence-electron chi connectivity index (χ2n) is 8.93. The third kappa shape index (κ3) is 6.75. The molecule has 1 aliphatic heterocycles. The maximum absolute atomic E-state index is 13.6. The van der Waals surface area contributed by atoms with E-state index in [0.29, 0.717) is 31.1 Å². The fourth-order valence-electron chi connectivity index (χ4n) is 4.22. The maximum atomic E-state index is 13.6. The van der Waals surface area contributed by atoms with E-state index in [0.717, 1.165) is 35.7 Å². The molecule has 4 rings (SSSR count). The number of anilines is 2. The van der Waals surface area contributed by atoms with Crippen LogP contribution in [0.1, 0.15) is 26.2 Å². The number of hydrogen-bond donors (Lipinski definition) is 1. The van der Waals surface area contributed by atoms with Gasteiger partial charge in [-0.3, -0.25) is 9.10 Å². The number of sulfonamides is 2. The van der Waals surface area contributed by atoms with Gasteiger partial charge >= 0.3 is 0 Å². The summed E-state index contributed by atoms with van der Waals surface area (Å²) in [6.45, 7) is 2.57. The molecule has 0 spiro atoms. The maximum Gasteiger partial charge on any atom is 0.264 e. The summed E-state index contributed by atoms with van der Waals surface area (Å²) in [7, 11) is -7.84. The predicted molar refractivity (Wildman–Crippen MR) is 146 cm³/mol. The van der Waals surface area contributed by atoms with Gasteiger partial charge in [0.15, 0.2) is 0 Å². The summed E-state index contributed by atoms with van der Waals surface area (Å²) in [6.07, 6.45) is 2.63. The van der Waals surface area contributed by atoms with Crippen molar-refractivity contribution in [3.63, 3.8) is 0 Å². The monoisotopic (exact) mass is 575 g/mol. The van der Waals surface area contributed by atoms with E-state index in [2.05, 4.69) is 5.32 Å². The van der Waals surface area contributed by atoms with Gasteiger partial charge in [-0.05, 0) is 92.6 Å². The van der Waals surface area contributed by atoms with Crippen molar-refractivity contribution in [1.82, 2.24) is 4.31 Å². The molecule has 0 aromatic heterocycles. The zero-order chi connectivity index (χ0) is 28.0. The molecule has 3 aromatic carbocycles. The molecule has 0 bridgehead atoms. The number of halogens is 1. The van der Waals surface area contributed by atoms with E-state index in [9.17, 15) is 26.0 Å². The Balaban J connectivity index is 1.53. The van der Waals surface area contributed by atoms with Gasteiger partial charge in [0.05, 0.1) is 22.1 Å². The smallest absolute Gasteiger partial charge is 0.264 e. The van der Waals surface area contributed by atoms with Crippen LogP contribution in [0.15, 0.2) is 82.6 Å². The average molecular weight is 576 g/mol. The van der Waals surface area contributed by atoms with Crippen LogP contribution in [-0.4, -0.2) is 53.3 Å². The van der Waals surface area contributed by atoms with Gasteiger partial charge < -0.3 is 10.1 Å². The third-order valence-electron chi connectivity index (χ3n) is 6.22. The molecule has 3 aromatic rings. The largest absolute Gasteiger partial charge is 0.494 e. The van der Waals surface area contributed by atoms with Crippen molar-refractivity contribution < 1.29 is 30.8 Å². The van der Waals surface area contributed by atoms with Crippen LogP contribution in [0, 0.1) is 5.82 Å². The van der Waals surface area contributed by atoms with Crippen molar-refractivity contribution in [1.29, 1.82) is 0 Å². The molecule has 0 atom stereocenters. The molecule has 0 radical (unpaired) electrons. The average Bonchev–Trinajstić information content (AvgIpc) is 2.93. The summed E-state index contributed by atoms with van der Waals surface area (Å²) in [6, 6.07) is 16.3. The summed E-state index contributed by atoms with van der Waals surface area (Å²) in [5.74, 6) is -0.727. The molecule has 0 saturated carbocycles. The highest BCUT2D eigenvalue weighted by Gasteiger charge is 2.28. The van der Waals surface area contributed by atoms with E-state index in [1.54, 1.807) is 6.92 Å². The Morgan fingerprint density at radius 2 is 1.46 bits per heavy atom. The fraction of sp³-hybridized carbons (Fsp3) is 0.296. The lowest BCUT2D eigenvalue weighted by Gasteiger charge is -2.26. The minimum Gasteiger partial charge on any atom is -0.494 e. The van der Waals surface area contributed by atoms with E-state index in [1.165, 1.54) is 65.0 Å². The van der Waals surface area contributed by atoms with E-state index >= 15 is 0 Å². The van der Waals surface area contributed by atoms with Gasteiger partial charge in [-0.15, -0.1) is 0 Å². The summed E-state index contributed by atoms with van der Waals surface area (Å²) < 4.78 is 74.1. The predicted octanol–water partition coefficient (Wildman–Crippen LogP) is 4.23. The van der Waals surface area contributed by atoms with Crippen molar-refractivity contribution in [2.75, 3.05) is 35.9 Å². The van der Waals surface area contributed by atoms with Crippen LogP contribution in [0.4, 0.5) is 15.8 Å². The van der Waals surface area contributed by atoms with E-state index in [4.69, 9.17) is 4.74 Å².